The zero-order valence-electron chi connectivity index (χ0n) is 32.3. The number of pyridine rings is 1. The Morgan fingerprint density at radius 1 is 0.964 bits per heavy atom. The van der Waals surface area contributed by atoms with Crippen molar-refractivity contribution in [2.75, 3.05) is 44.7 Å². The lowest BCUT2D eigenvalue weighted by Gasteiger charge is -2.63. The van der Waals surface area contributed by atoms with Crippen LogP contribution in [-0.4, -0.2) is 107 Å². The zero-order chi connectivity index (χ0) is 40.1. The topological polar surface area (TPSA) is 156 Å². The standard InChI is InChI=1S/C42H46ClN7O6/c1-41(2)39(42(3,4)40(41)56-28-11-9-26(23-44)31(43)22-28)46-35(52)32-13-8-25(24-45-32)7-6-16-48-17-19-49(20-18-48)27-10-12-29-30(21-27)37(54)50(36(29)53)33-14-15-34(51)47(5)38(33)55/h8-13,21-22,24,33,39-40H,6-7,14-20H2,1-5H3,(H,46,52). The van der Waals surface area contributed by atoms with E-state index in [0.717, 1.165) is 66.6 Å². The van der Waals surface area contributed by atoms with E-state index in [2.05, 4.69) is 53.9 Å². The minimum absolute atomic E-state index is 0.106. The normalized spacial score (nSPS) is 23.1. The summed E-state index contributed by atoms with van der Waals surface area (Å²) < 4.78 is 6.34. The molecule has 2 aromatic carbocycles. The van der Waals surface area contributed by atoms with E-state index in [-0.39, 0.29) is 53.2 Å². The summed E-state index contributed by atoms with van der Waals surface area (Å²) in [5.41, 5.74) is 2.47. The Morgan fingerprint density at radius 2 is 1.68 bits per heavy atom. The van der Waals surface area contributed by atoms with Crippen LogP contribution in [0.2, 0.25) is 5.02 Å². The zero-order valence-corrected chi connectivity index (χ0v) is 33.1. The van der Waals surface area contributed by atoms with Crippen LogP contribution in [0.15, 0.2) is 54.7 Å². The Hall–Kier alpha value is -5.32. The van der Waals surface area contributed by atoms with Gasteiger partial charge in [0.25, 0.3) is 23.6 Å². The number of benzene rings is 2. The number of carbonyl (C=O) groups is 5. The third-order valence-electron chi connectivity index (χ3n) is 12.0. The van der Waals surface area contributed by atoms with Crippen molar-refractivity contribution in [3.8, 4) is 11.8 Å². The highest BCUT2D eigenvalue weighted by molar-refractivity contribution is 6.31. The van der Waals surface area contributed by atoms with E-state index in [4.69, 9.17) is 16.3 Å². The summed E-state index contributed by atoms with van der Waals surface area (Å²) in [5, 5.41) is 12.7. The quantitative estimate of drug-likeness (QED) is 0.286. The number of hydrogen-bond acceptors (Lipinski definition) is 10. The van der Waals surface area contributed by atoms with Gasteiger partial charge in [-0.05, 0) is 67.8 Å². The molecule has 1 N–H and O–H groups in total. The van der Waals surface area contributed by atoms with Gasteiger partial charge in [0.15, 0.2) is 0 Å². The molecule has 2 saturated heterocycles. The number of piperidine rings is 1. The Balaban J connectivity index is 0.866. The number of rotatable bonds is 10. The number of carbonyl (C=O) groups excluding carboxylic acids is 5. The second-order valence-corrected chi connectivity index (χ2v) is 16.7. The van der Waals surface area contributed by atoms with Crippen molar-refractivity contribution in [1.29, 1.82) is 5.26 Å². The molecule has 0 bridgehead atoms. The van der Waals surface area contributed by atoms with Gasteiger partial charge in [0.2, 0.25) is 5.91 Å². The molecule has 7 rings (SSSR count). The van der Waals surface area contributed by atoms with Gasteiger partial charge in [0.1, 0.15) is 29.7 Å². The first-order valence-corrected chi connectivity index (χ1v) is 19.4. The average molecular weight is 780 g/mol. The molecule has 1 aliphatic carbocycles. The van der Waals surface area contributed by atoms with Crippen LogP contribution >= 0.6 is 11.6 Å². The van der Waals surface area contributed by atoms with Crippen LogP contribution in [-0.2, 0) is 16.0 Å². The lowest BCUT2D eigenvalue weighted by Crippen LogP contribution is -2.74. The number of imide groups is 2. The first-order chi connectivity index (χ1) is 26.6. The van der Waals surface area contributed by atoms with E-state index in [1.54, 1.807) is 42.6 Å². The maximum atomic E-state index is 13.4. The van der Waals surface area contributed by atoms with Crippen LogP contribution in [0.1, 0.15) is 89.3 Å². The van der Waals surface area contributed by atoms with Crippen LogP contribution in [0.4, 0.5) is 5.69 Å². The lowest BCUT2D eigenvalue weighted by molar-refractivity contribution is -0.164. The van der Waals surface area contributed by atoms with Gasteiger partial charge in [-0.3, -0.25) is 43.7 Å². The Kier molecular flexibility index (Phi) is 10.4. The number of amides is 5. The minimum Gasteiger partial charge on any atom is -0.489 e. The summed E-state index contributed by atoms with van der Waals surface area (Å²) in [7, 11) is 1.38. The Bertz CT molecular complexity index is 2120. The van der Waals surface area contributed by atoms with Crippen LogP contribution < -0.4 is 15.0 Å². The fourth-order valence-electron chi connectivity index (χ4n) is 9.11. The van der Waals surface area contributed by atoms with Gasteiger partial charge in [0, 0.05) is 74.5 Å². The molecule has 3 fully saturated rings. The van der Waals surface area contributed by atoms with E-state index in [1.807, 2.05) is 12.1 Å². The van der Waals surface area contributed by atoms with E-state index in [9.17, 15) is 29.2 Å². The first kappa shape index (κ1) is 38.9. The maximum absolute atomic E-state index is 13.4. The third-order valence-corrected chi connectivity index (χ3v) is 12.3. The second-order valence-electron chi connectivity index (χ2n) is 16.3. The molecule has 1 aromatic heterocycles. The molecule has 0 radical (unpaired) electrons. The number of ether oxygens (including phenoxy) is 1. The smallest absolute Gasteiger partial charge is 0.270 e. The van der Waals surface area contributed by atoms with Crippen LogP contribution in [0, 0.1) is 22.2 Å². The molecule has 3 aliphatic heterocycles. The van der Waals surface area contributed by atoms with Crippen molar-refractivity contribution >= 4 is 46.8 Å². The minimum atomic E-state index is -0.971. The number of likely N-dealkylation sites (N-methyl/N-ethyl adjacent to an activating group) is 1. The number of fused-ring (bicyclic) bond motifs is 1. The van der Waals surface area contributed by atoms with Gasteiger partial charge in [-0.15, -0.1) is 0 Å². The molecule has 56 heavy (non-hydrogen) atoms. The number of hydrogen-bond donors (Lipinski definition) is 1. The fourth-order valence-corrected chi connectivity index (χ4v) is 9.32. The molecule has 14 heteroatoms. The van der Waals surface area contributed by atoms with Crippen molar-refractivity contribution in [1.82, 2.24) is 25.0 Å². The average Bonchev–Trinajstić information content (AvgIpc) is 3.43. The predicted octanol–water partition coefficient (Wildman–Crippen LogP) is 4.72. The number of nitrogens with zero attached hydrogens (tertiary/aromatic N) is 6. The van der Waals surface area contributed by atoms with Gasteiger partial charge in [-0.2, -0.15) is 5.26 Å². The van der Waals surface area contributed by atoms with Crippen molar-refractivity contribution in [3.63, 3.8) is 0 Å². The number of nitriles is 1. The molecular weight excluding hydrogens is 734 g/mol. The number of aromatic nitrogens is 1. The third kappa shape index (κ3) is 7.01. The van der Waals surface area contributed by atoms with E-state index >= 15 is 0 Å². The van der Waals surface area contributed by atoms with Gasteiger partial charge in [-0.1, -0.05) is 45.4 Å². The second kappa shape index (κ2) is 15.0. The molecule has 3 aromatic rings. The van der Waals surface area contributed by atoms with E-state index < -0.39 is 23.8 Å². The number of aryl methyl sites for hydroxylation is 1. The molecule has 4 aliphatic rings. The molecule has 1 unspecified atom stereocenters. The van der Waals surface area contributed by atoms with Gasteiger partial charge >= 0.3 is 0 Å². The van der Waals surface area contributed by atoms with Crippen LogP contribution in [0.25, 0.3) is 0 Å². The highest BCUT2D eigenvalue weighted by Crippen LogP contribution is 2.55. The van der Waals surface area contributed by atoms with Crippen LogP contribution in [0.5, 0.6) is 5.75 Å². The van der Waals surface area contributed by atoms with E-state index in [0.29, 0.717) is 27.6 Å². The summed E-state index contributed by atoms with van der Waals surface area (Å²) in [4.78, 5) is 75.8. The molecule has 0 spiro atoms. The highest BCUT2D eigenvalue weighted by Gasteiger charge is 2.64. The van der Waals surface area contributed by atoms with E-state index in [1.165, 1.54) is 7.05 Å². The number of halogens is 1. The molecule has 5 amide bonds. The first-order valence-electron chi connectivity index (χ1n) is 19.0. The van der Waals surface area contributed by atoms with Crippen molar-refractivity contribution < 1.29 is 28.7 Å². The predicted molar refractivity (Wildman–Crippen MR) is 208 cm³/mol. The molecular formula is C42H46ClN7O6. The summed E-state index contributed by atoms with van der Waals surface area (Å²) in [6, 6.07) is 15.0. The molecule has 13 nitrogen and oxygen atoms in total. The maximum Gasteiger partial charge on any atom is 0.270 e. The monoisotopic (exact) mass is 779 g/mol. The lowest BCUT2D eigenvalue weighted by atomic mass is 9.49. The number of anilines is 1. The number of likely N-dealkylation sites (tertiary alicyclic amines) is 1. The highest BCUT2D eigenvalue weighted by atomic mass is 35.5. The molecule has 1 atom stereocenters. The van der Waals surface area contributed by atoms with Gasteiger partial charge in [-0.25, -0.2) is 0 Å². The molecule has 292 valence electrons. The summed E-state index contributed by atoms with van der Waals surface area (Å²) >= 11 is 6.23. The van der Waals surface area contributed by atoms with Gasteiger partial charge in [0.05, 0.1) is 21.7 Å². The summed E-state index contributed by atoms with van der Waals surface area (Å²) in [6.07, 6.45) is 3.56. The van der Waals surface area contributed by atoms with Crippen LogP contribution in [0.3, 0.4) is 0 Å². The molecule has 1 saturated carbocycles. The van der Waals surface area contributed by atoms with Crippen molar-refractivity contribution in [2.45, 2.75) is 71.6 Å². The molecule has 4 heterocycles. The largest absolute Gasteiger partial charge is 0.489 e. The SMILES string of the molecule is CN1C(=O)CCC(N2C(=O)c3ccc(N4CCN(CCCc5ccc(C(=O)NC6C(C)(C)C(Oc7ccc(C#N)c(Cl)c7)C6(C)C)nc5)CC4)cc3C2=O)C1=O. The Morgan fingerprint density at radius 3 is 2.34 bits per heavy atom. The summed E-state index contributed by atoms with van der Waals surface area (Å²) in [5.74, 6) is -1.49. The number of piperazine rings is 1. The van der Waals surface area contributed by atoms with Crippen molar-refractivity contribution in [3.05, 3.63) is 87.7 Å². The summed E-state index contributed by atoms with van der Waals surface area (Å²) in [6.45, 7) is 12.4. The van der Waals surface area contributed by atoms with Gasteiger partial charge < -0.3 is 15.0 Å². The fraction of sp³-hybridized carbons (Fsp3) is 0.452. The Labute approximate surface area is 331 Å². The number of nitrogens with one attached hydrogen (secondary N) is 1. The van der Waals surface area contributed by atoms with Crippen molar-refractivity contribution in [2.24, 2.45) is 10.8 Å².